The van der Waals surface area contributed by atoms with Crippen LogP contribution in [0.4, 0.5) is 0 Å². The number of hydrogen-bond acceptors (Lipinski definition) is 4. The zero-order chi connectivity index (χ0) is 12.1. The highest BCUT2D eigenvalue weighted by Crippen LogP contribution is 2.06. The Hall–Kier alpha value is -0.910. The van der Waals surface area contributed by atoms with Gasteiger partial charge in [0, 0.05) is 19.6 Å². The van der Waals surface area contributed by atoms with Crippen LogP contribution in [0.15, 0.2) is 6.07 Å². The molecule has 1 N–H and O–H groups in total. The lowest BCUT2D eigenvalue weighted by molar-refractivity contribution is 0.0101. The molecule has 0 spiro atoms. The average Bonchev–Trinajstić information content (AvgIpc) is 2.80. The number of nitrogens with zero attached hydrogens (tertiary/aromatic N) is 3. The Morgan fingerprint density at radius 3 is 2.76 bits per heavy atom. The number of ether oxygens (including phenoxy) is 1. The van der Waals surface area contributed by atoms with Gasteiger partial charge in [0.25, 0.3) is 0 Å². The van der Waals surface area contributed by atoms with E-state index in [1.807, 2.05) is 0 Å². The van der Waals surface area contributed by atoms with E-state index in [0.717, 1.165) is 45.8 Å². The molecule has 0 aliphatic carbocycles. The van der Waals surface area contributed by atoms with Crippen LogP contribution in [0.3, 0.4) is 0 Å². The molecule has 0 amide bonds. The van der Waals surface area contributed by atoms with Crippen molar-refractivity contribution in [1.29, 1.82) is 0 Å². The Morgan fingerprint density at radius 2 is 2.12 bits per heavy atom. The quantitative estimate of drug-likeness (QED) is 0.824. The van der Waals surface area contributed by atoms with Gasteiger partial charge in [0.05, 0.1) is 31.1 Å². The largest absolute Gasteiger partial charge is 0.379 e. The van der Waals surface area contributed by atoms with E-state index in [-0.39, 0.29) is 0 Å². The average molecular weight is 238 g/mol. The van der Waals surface area contributed by atoms with Crippen molar-refractivity contribution in [2.75, 3.05) is 26.3 Å². The zero-order valence-corrected chi connectivity index (χ0v) is 10.8. The summed E-state index contributed by atoms with van der Waals surface area (Å²) in [4.78, 5) is 0. The molecule has 2 rings (SSSR count). The van der Waals surface area contributed by atoms with Gasteiger partial charge in [-0.2, -0.15) is 5.10 Å². The molecule has 1 saturated heterocycles. The van der Waals surface area contributed by atoms with E-state index in [9.17, 15) is 0 Å². The van der Waals surface area contributed by atoms with Crippen molar-refractivity contribution in [3.63, 3.8) is 0 Å². The van der Waals surface area contributed by atoms with E-state index in [1.54, 1.807) is 0 Å². The summed E-state index contributed by atoms with van der Waals surface area (Å²) in [5, 5.41) is 6.77. The molecule has 1 aliphatic rings. The molecule has 0 atom stereocenters. The first-order valence-corrected chi connectivity index (χ1v) is 6.45. The number of aryl methyl sites for hydroxylation is 2. The van der Waals surface area contributed by atoms with Crippen molar-refractivity contribution >= 4 is 0 Å². The molecule has 5 nitrogen and oxygen atoms in total. The van der Waals surface area contributed by atoms with Crippen LogP contribution in [0.5, 0.6) is 0 Å². The van der Waals surface area contributed by atoms with Crippen molar-refractivity contribution in [1.82, 2.24) is 20.2 Å². The third-order valence-electron chi connectivity index (χ3n) is 3.07. The lowest BCUT2D eigenvalue weighted by Crippen LogP contribution is -2.45. The van der Waals surface area contributed by atoms with Crippen molar-refractivity contribution < 1.29 is 4.74 Å². The summed E-state index contributed by atoms with van der Waals surface area (Å²) < 4.78 is 7.39. The highest BCUT2D eigenvalue weighted by atomic mass is 16.5. The lowest BCUT2D eigenvalue weighted by Gasteiger charge is -2.27. The molecule has 96 valence electrons. The Labute approximate surface area is 103 Å². The van der Waals surface area contributed by atoms with Gasteiger partial charge in [-0.3, -0.25) is 4.68 Å². The Bertz CT molecular complexity index is 344. The van der Waals surface area contributed by atoms with E-state index >= 15 is 0 Å². The SMILES string of the molecule is CCc1cc(CNN2CCOCC2)n(CC)n1. The van der Waals surface area contributed by atoms with Crippen LogP contribution in [-0.2, 0) is 24.2 Å². The first kappa shape index (κ1) is 12.5. The Morgan fingerprint density at radius 1 is 1.35 bits per heavy atom. The highest BCUT2D eigenvalue weighted by molar-refractivity contribution is 5.10. The van der Waals surface area contributed by atoms with Crippen molar-refractivity contribution in [2.24, 2.45) is 0 Å². The van der Waals surface area contributed by atoms with Crippen molar-refractivity contribution in [3.8, 4) is 0 Å². The Balaban J connectivity index is 1.90. The van der Waals surface area contributed by atoms with Crippen LogP contribution in [0, 0.1) is 0 Å². The summed E-state index contributed by atoms with van der Waals surface area (Å²) in [5.41, 5.74) is 5.87. The Kier molecular flexibility index (Phi) is 4.53. The molecule has 1 fully saturated rings. The first-order chi connectivity index (χ1) is 8.33. The monoisotopic (exact) mass is 238 g/mol. The molecule has 0 aromatic carbocycles. The van der Waals surface area contributed by atoms with Gasteiger partial charge in [-0.15, -0.1) is 0 Å². The predicted molar refractivity (Wildman–Crippen MR) is 66.5 cm³/mol. The van der Waals surface area contributed by atoms with E-state index in [1.165, 1.54) is 11.4 Å². The van der Waals surface area contributed by atoms with Gasteiger partial charge in [0.15, 0.2) is 0 Å². The molecule has 1 aromatic rings. The van der Waals surface area contributed by atoms with Crippen molar-refractivity contribution in [3.05, 3.63) is 17.5 Å². The van der Waals surface area contributed by atoms with Crippen molar-refractivity contribution in [2.45, 2.75) is 33.4 Å². The van der Waals surface area contributed by atoms with Crippen LogP contribution in [0.1, 0.15) is 25.2 Å². The summed E-state index contributed by atoms with van der Waals surface area (Å²) in [6.07, 6.45) is 0.998. The first-order valence-electron chi connectivity index (χ1n) is 6.45. The van der Waals surface area contributed by atoms with E-state index in [0.29, 0.717) is 0 Å². The van der Waals surface area contributed by atoms with E-state index < -0.39 is 0 Å². The summed E-state index contributed by atoms with van der Waals surface area (Å²) in [6, 6.07) is 2.19. The van der Waals surface area contributed by atoms with Gasteiger partial charge in [-0.05, 0) is 19.4 Å². The molecule has 17 heavy (non-hydrogen) atoms. The second kappa shape index (κ2) is 6.14. The van der Waals surface area contributed by atoms with E-state index in [2.05, 4.69) is 40.1 Å². The molecule has 2 heterocycles. The fourth-order valence-electron chi connectivity index (χ4n) is 2.02. The van der Waals surface area contributed by atoms with Gasteiger partial charge >= 0.3 is 0 Å². The second-order valence-electron chi connectivity index (χ2n) is 4.23. The molecule has 1 aliphatic heterocycles. The molecule has 0 radical (unpaired) electrons. The fraction of sp³-hybridized carbons (Fsp3) is 0.750. The minimum Gasteiger partial charge on any atom is -0.379 e. The third-order valence-corrected chi connectivity index (χ3v) is 3.07. The smallest absolute Gasteiger partial charge is 0.0625 e. The lowest BCUT2D eigenvalue weighted by atomic mass is 10.3. The minimum atomic E-state index is 0.820. The maximum absolute atomic E-state index is 5.32. The summed E-state index contributed by atoms with van der Waals surface area (Å²) in [6.45, 7) is 9.61. The topological polar surface area (TPSA) is 42.3 Å². The van der Waals surface area contributed by atoms with Crippen LogP contribution >= 0.6 is 0 Å². The van der Waals surface area contributed by atoms with Gasteiger partial charge < -0.3 is 4.74 Å². The molecule has 0 bridgehead atoms. The number of hydrogen-bond donors (Lipinski definition) is 1. The number of rotatable bonds is 5. The van der Waals surface area contributed by atoms with Gasteiger partial charge in [-0.25, -0.2) is 10.4 Å². The number of aromatic nitrogens is 2. The molecular weight excluding hydrogens is 216 g/mol. The number of morpholine rings is 1. The maximum Gasteiger partial charge on any atom is 0.0625 e. The van der Waals surface area contributed by atoms with Gasteiger partial charge in [0.1, 0.15) is 0 Å². The zero-order valence-electron chi connectivity index (χ0n) is 10.8. The molecule has 5 heteroatoms. The molecule has 0 unspecified atom stereocenters. The molecule has 1 aromatic heterocycles. The van der Waals surface area contributed by atoms with Crippen LogP contribution < -0.4 is 5.43 Å². The normalized spacial score (nSPS) is 17.5. The van der Waals surface area contributed by atoms with Crippen LogP contribution in [0.25, 0.3) is 0 Å². The third kappa shape index (κ3) is 3.28. The number of hydrazine groups is 1. The second-order valence-corrected chi connectivity index (χ2v) is 4.23. The summed E-state index contributed by atoms with van der Waals surface area (Å²) in [5.74, 6) is 0. The maximum atomic E-state index is 5.32. The van der Waals surface area contributed by atoms with Gasteiger partial charge in [-0.1, -0.05) is 6.92 Å². The molecule has 0 saturated carbocycles. The van der Waals surface area contributed by atoms with Crippen LogP contribution in [-0.4, -0.2) is 41.1 Å². The summed E-state index contributed by atoms with van der Waals surface area (Å²) in [7, 11) is 0. The highest BCUT2D eigenvalue weighted by Gasteiger charge is 2.11. The fourth-order valence-corrected chi connectivity index (χ4v) is 2.02. The predicted octanol–water partition coefficient (Wildman–Crippen LogP) is 0.802. The minimum absolute atomic E-state index is 0.820. The molecular formula is C12H22N4O. The standard InChI is InChI=1S/C12H22N4O/c1-3-11-9-12(16(4-2)14-11)10-13-15-5-7-17-8-6-15/h9,13H,3-8,10H2,1-2H3. The van der Waals surface area contributed by atoms with Crippen LogP contribution in [0.2, 0.25) is 0 Å². The number of nitrogens with one attached hydrogen (secondary N) is 1. The van der Waals surface area contributed by atoms with Gasteiger partial charge in [0.2, 0.25) is 0 Å². The van der Waals surface area contributed by atoms with E-state index in [4.69, 9.17) is 4.74 Å². The summed E-state index contributed by atoms with van der Waals surface area (Å²) >= 11 is 0.